The maximum Gasteiger partial charge on any atom is 0.246 e. The first kappa shape index (κ1) is 12.3. The van der Waals surface area contributed by atoms with E-state index in [2.05, 4.69) is 10.5 Å². The topological polar surface area (TPSA) is 92.5 Å². The number of amides is 3. The molecule has 0 spiro atoms. The molecule has 0 saturated carbocycles. The quantitative estimate of drug-likeness (QED) is 0.703. The summed E-state index contributed by atoms with van der Waals surface area (Å²) < 4.78 is 4.96. The summed E-state index contributed by atoms with van der Waals surface area (Å²) in [5.41, 5.74) is 1.35. The first-order valence-corrected chi connectivity index (χ1v) is 5.49. The molecule has 1 saturated heterocycles. The number of hydrogen-bond donors (Lipinski definition) is 1. The Morgan fingerprint density at radius 1 is 1.33 bits per heavy atom. The number of imide groups is 1. The molecular formula is C11H13N3O4. The molecule has 1 fully saturated rings. The van der Waals surface area contributed by atoms with Crippen molar-refractivity contribution >= 4 is 17.7 Å². The van der Waals surface area contributed by atoms with Crippen molar-refractivity contribution in [1.82, 2.24) is 15.4 Å². The van der Waals surface area contributed by atoms with Gasteiger partial charge >= 0.3 is 0 Å². The molecule has 7 heteroatoms. The third-order valence-electron chi connectivity index (χ3n) is 2.81. The van der Waals surface area contributed by atoms with Gasteiger partial charge in [-0.15, -0.1) is 0 Å². The Hall–Kier alpha value is -2.18. The highest BCUT2D eigenvalue weighted by atomic mass is 16.5. The van der Waals surface area contributed by atoms with E-state index in [4.69, 9.17) is 4.52 Å². The van der Waals surface area contributed by atoms with E-state index >= 15 is 0 Å². The smallest absolute Gasteiger partial charge is 0.246 e. The fraction of sp³-hybridized carbons (Fsp3) is 0.455. The SMILES string of the molecule is Cc1noc(C)c1CC(=O)N1CC(=O)NC(=O)C1. The van der Waals surface area contributed by atoms with Gasteiger partial charge in [-0.25, -0.2) is 0 Å². The van der Waals surface area contributed by atoms with Crippen molar-refractivity contribution in [1.29, 1.82) is 0 Å². The second-order valence-corrected chi connectivity index (χ2v) is 4.20. The zero-order chi connectivity index (χ0) is 13.3. The van der Waals surface area contributed by atoms with Crippen LogP contribution in [0.2, 0.25) is 0 Å². The number of aryl methyl sites for hydroxylation is 2. The first-order valence-electron chi connectivity index (χ1n) is 5.49. The van der Waals surface area contributed by atoms with Crippen molar-refractivity contribution < 1.29 is 18.9 Å². The molecule has 1 N–H and O–H groups in total. The highest BCUT2D eigenvalue weighted by Gasteiger charge is 2.27. The predicted octanol–water partition coefficient (Wildman–Crippen LogP) is -0.681. The highest BCUT2D eigenvalue weighted by molar-refractivity contribution is 6.02. The monoisotopic (exact) mass is 251 g/mol. The Labute approximate surface area is 103 Å². The van der Waals surface area contributed by atoms with Gasteiger partial charge < -0.3 is 9.42 Å². The first-order chi connectivity index (χ1) is 8.47. The Bertz CT molecular complexity index is 485. The van der Waals surface area contributed by atoms with Crippen LogP contribution in [0.5, 0.6) is 0 Å². The number of rotatable bonds is 2. The summed E-state index contributed by atoms with van der Waals surface area (Å²) in [6, 6.07) is 0. The Kier molecular flexibility index (Phi) is 3.14. The van der Waals surface area contributed by atoms with Crippen LogP contribution in [-0.2, 0) is 20.8 Å². The fourth-order valence-electron chi connectivity index (χ4n) is 1.83. The van der Waals surface area contributed by atoms with Crippen LogP contribution < -0.4 is 5.32 Å². The number of nitrogens with one attached hydrogen (secondary N) is 1. The number of carbonyl (C=O) groups is 3. The summed E-state index contributed by atoms with van der Waals surface area (Å²) in [7, 11) is 0. The molecule has 1 aliphatic heterocycles. The number of carbonyl (C=O) groups excluding carboxylic acids is 3. The largest absolute Gasteiger partial charge is 0.361 e. The number of piperazine rings is 1. The fourth-order valence-corrected chi connectivity index (χ4v) is 1.83. The van der Waals surface area contributed by atoms with Crippen LogP contribution in [0.4, 0.5) is 0 Å². The van der Waals surface area contributed by atoms with E-state index in [0.29, 0.717) is 17.0 Å². The zero-order valence-electron chi connectivity index (χ0n) is 10.1. The standard InChI is InChI=1S/C11H13N3O4/c1-6-8(7(2)18-13-6)3-11(17)14-4-9(15)12-10(16)5-14/h3-5H2,1-2H3,(H,12,15,16). The summed E-state index contributed by atoms with van der Waals surface area (Å²) in [6.45, 7) is 3.28. The number of nitrogens with zero attached hydrogens (tertiary/aromatic N) is 2. The maximum absolute atomic E-state index is 12.0. The Morgan fingerprint density at radius 3 is 2.44 bits per heavy atom. The van der Waals surface area contributed by atoms with Crippen molar-refractivity contribution in [2.75, 3.05) is 13.1 Å². The normalized spacial score (nSPS) is 15.8. The Balaban J connectivity index is 2.08. The van der Waals surface area contributed by atoms with E-state index in [9.17, 15) is 14.4 Å². The van der Waals surface area contributed by atoms with Crippen LogP contribution in [0.3, 0.4) is 0 Å². The molecule has 1 aromatic rings. The molecule has 3 amide bonds. The van der Waals surface area contributed by atoms with E-state index in [-0.39, 0.29) is 25.4 Å². The second kappa shape index (κ2) is 4.59. The third-order valence-corrected chi connectivity index (χ3v) is 2.81. The van der Waals surface area contributed by atoms with Crippen LogP contribution in [0, 0.1) is 13.8 Å². The molecular weight excluding hydrogens is 238 g/mol. The molecule has 2 heterocycles. The lowest BCUT2D eigenvalue weighted by Crippen LogP contribution is -2.53. The highest BCUT2D eigenvalue weighted by Crippen LogP contribution is 2.14. The molecule has 2 rings (SSSR count). The van der Waals surface area contributed by atoms with Gasteiger partial charge in [-0.3, -0.25) is 19.7 Å². The lowest BCUT2D eigenvalue weighted by atomic mass is 10.1. The summed E-state index contributed by atoms with van der Waals surface area (Å²) in [5.74, 6) is -0.627. The minimum Gasteiger partial charge on any atom is -0.361 e. The molecule has 0 radical (unpaired) electrons. The van der Waals surface area contributed by atoms with E-state index in [1.165, 1.54) is 4.90 Å². The molecule has 0 unspecified atom stereocenters. The zero-order valence-corrected chi connectivity index (χ0v) is 10.1. The molecule has 0 bridgehead atoms. The Morgan fingerprint density at radius 2 is 1.94 bits per heavy atom. The minimum atomic E-state index is -0.460. The third kappa shape index (κ3) is 2.39. The molecule has 96 valence electrons. The van der Waals surface area contributed by atoms with E-state index in [1.54, 1.807) is 13.8 Å². The molecule has 7 nitrogen and oxygen atoms in total. The molecule has 0 atom stereocenters. The van der Waals surface area contributed by atoms with Crippen LogP contribution >= 0.6 is 0 Å². The van der Waals surface area contributed by atoms with Gasteiger partial charge in [0.05, 0.1) is 12.1 Å². The summed E-state index contributed by atoms with van der Waals surface area (Å²) >= 11 is 0. The average Bonchev–Trinajstić information content (AvgIpc) is 2.59. The van der Waals surface area contributed by atoms with Crippen molar-refractivity contribution in [3.05, 3.63) is 17.0 Å². The predicted molar refractivity (Wildman–Crippen MR) is 59.4 cm³/mol. The minimum absolute atomic E-state index is 0.0850. The van der Waals surface area contributed by atoms with Gasteiger partial charge in [0, 0.05) is 5.56 Å². The van der Waals surface area contributed by atoms with Gasteiger partial charge in [0.25, 0.3) is 0 Å². The molecule has 18 heavy (non-hydrogen) atoms. The van der Waals surface area contributed by atoms with Crippen LogP contribution in [0.15, 0.2) is 4.52 Å². The van der Waals surface area contributed by atoms with E-state index < -0.39 is 11.8 Å². The van der Waals surface area contributed by atoms with Gasteiger partial charge in [-0.2, -0.15) is 0 Å². The number of hydrogen-bond acceptors (Lipinski definition) is 5. The average molecular weight is 251 g/mol. The van der Waals surface area contributed by atoms with Crippen LogP contribution in [0.25, 0.3) is 0 Å². The number of aromatic nitrogens is 1. The maximum atomic E-state index is 12.0. The molecule has 0 aliphatic carbocycles. The van der Waals surface area contributed by atoms with Gasteiger partial charge in [-0.05, 0) is 13.8 Å². The summed E-state index contributed by atoms with van der Waals surface area (Å²) in [4.78, 5) is 35.6. The molecule has 0 aromatic carbocycles. The van der Waals surface area contributed by atoms with Crippen molar-refractivity contribution in [3.63, 3.8) is 0 Å². The lowest BCUT2D eigenvalue weighted by molar-refractivity contribution is -0.145. The van der Waals surface area contributed by atoms with Crippen LogP contribution in [-0.4, -0.2) is 40.9 Å². The van der Waals surface area contributed by atoms with E-state index in [0.717, 1.165) is 0 Å². The molecule has 1 aromatic heterocycles. The summed E-state index contributed by atoms with van der Waals surface area (Å²) in [5, 5.41) is 5.90. The van der Waals surface area contributed by atoms with Crippen molar-refractivity contribution in [3.8, 4) is 0 Å². The van der Waals surface area contributed by atoms with E-state index in [1.807, 2.05) is 0 Å². The van der Waals surface area contributed by atoms with Gasteiger partial charge in [0.15, 0.2) is 0 Å². The second-order valence-electron chi connectivity index (χ2n) is 4.20. The van der Waals surface area contributed by atoms with Gasteiger partial charge in [0.1, 0.15) is 18.8 Å². The summed E-state index contributed by atoms with van der Waals surface area (Å²) in [6.07, 6.45) is 0.0850. The molecule has 1 aliphatic rings. The van der Waals surface area contributed by atoms with Crippen molar-refractivity contribution in [2.45, 2.75) is 20.3 Å². The lowest BCUT2D eigenvalue weighted by Gasteiger charge is -2.25. The van der Waals surface area contributed by atoms with Crippen LogP contribution in [0.1, 0.15) is 17.0 Å². The van der Waals surface area contributed by atoms with Crippen molar-refractivity contribution in [2.24, 2.45) is 0 Å². The van der Waals surface area contributed by atoms with Gasteiger partial charge in [0.2, 0.25) is 17.7 Å². The van der Waals surface area contributed by atoms with Gasteiger partial charge in [-0.1, -0.05) is 5.16 Å².